The number of rotatable bonds is 38. The van der Waals surface area contributed by atoms with Gasteiger partial charge in [-0.3, -0.25) is 9.59 Å². The van der Waals surface area contributed by atoms with Gasteiger partial charge in [-0.05, 0) is 25.7 Å². The fourth-order valence-corrected chi connectivity index (χ4v) is 6.22. The maximum Gasteiger partial charge on any atom is 0.305 e. The van der Waals surface area contributed by atoms with Crippen molar-refractivity contribution >= 4 is 23.3 Å². The number of unbranched alkanes of at least 4 members (excludes halogenated alkanes) is 30. The summed E-state index contributed by atoms with van der Waals surface area (Å²) in [5, 5.41) is 0. The van der Waals surface area contributed by atoms with Crippen LogP contribution in [0.25, 0.3) is 0 Å². The Morgan fingerprint density at radius 3 is 0.731 bits per heavy atom. The van der Waals surface area contributed by atoms with Crippen LogP contribution in [-0.2, 0) is 30.4 Å². The molecule has 1 unspecified atom stereocenters. The predicted molar refractivity (Wildman–Crippen MR) is 222 cm³/mol. The van der Waals surface area contributed by atoms with Crippen LogP contribution < -0.4 is 0 Å². The maximum atomic E-state index is 11.2. The van der Waals surface area contributed by atoms with E-state index in [1.807, 2.05) is 13.8 Å². The molecule has 0 spiro atoms. The van der Waals surface area contributed by atoms with E-state index in [1.165, 1.54) is 193 Å². The van der Waals surface area contributed by atoms with Crippen molar-refractivity contribution in [2.24, 2.45) is 0 Å². The van der Waals surface area contributed by atoms with E-state index in [0.29, 0.717) is 26.1 Å². The third-order valence-corrected chi connectivity index (χ3v) is 9.43. The Balaban J connectivity index is -0.000000836. The topological polar surface area (TPSA) is 113 Å². The molecule has 0 saturated heterocycles. The van der Waals surface area contributed by atoms with Gasteiger partial charge in [0.05, 0.1) is 24.6 Å². The number of hydrogen-bond acceptors (Lipinski definition) is 6. The molecular formula is C44H89O7S-. The Morgan fingerprint density at radius 1 is 0.385 bits per heavy atom. The van der Waals surface area contributed by atoms with Gasteiger partial charge in [-0.2, -0.15) is 0 Å². The summed E-state index contributed by atoms with van der Waals surface area (Å²) in [7, 11) is 0. The van der Waals surface area contributed by atoms with Crippen LogP contribution in [-0.4, -0.2) is 38.5 Å². The van der Waals surface area contributed by atoms with E-state index in [4.69, 9.17) is 22.8 Å². The van der Waals surface area contributed by atoms with Crippen molar-refractivity contribution in [1.29, 1.82) is 0 Å². The van der Waals surface area contributed by atoms with Gasteiger partial charge < -0.3 is 18.6 Å². The van der Waals surface area contributed by atoms with Crippen LogP contribution >= 0.6 is 0 Å². The molecule has 0 aliphatic rings. The summed E-state index contributed by atoms with van der Waals surface area (Å²) in [4.78, 5) is 22.4. The molecule has 0 saturated carbocycles. The lowest BCUT2D eigenvalue weighted by Gasteiger charge is -2.04. The van der Waals surface area contributed by atoms with Crippen LogP contribution in [0.1, 0.15) is 259 Å². The van der Waals surface area contributed by atoms with Crippen molar-refractivity contribution in [2.45, 2.75) is 259 Å². The summed E-state index contributed by atoms with van der Waals surface area (Å²) in [6.07, 6.45) is 46.9. The highest BCUT2D eigenvalue weighted by atomic mass is 32.2. The Bertz CT molecular complexity index is 648. The van der Waals surface area contributed by atoms with Gasteiger partial charge >= 0.3 is 11.9 Å². The van der Waals surface area contributed by atoms with Gasteiger partial charge in [0.2, 0.25) is 0 Å². The van der Waals surface area contributed by atoms with Gasteiger partial charge in [0, 0.05) is 12.8 Å². The van der Waals surface area contributed by atoms with E-state index in [9.17, 15) is 9.59 Å². The Morgan fingerprint density at radius 2 is 0.558 bits per heavy atom. The lowest BCUT2D eigenvalue weighted by Crippen LogP contribution is -2.04. The average molecular weight is 762 g/mol. The SMILES string of the molecule is CCCCCCCCCCCCCCCCCCOC(=O)CCC.CCCCCCCCCCCCCCCCCCOC(=O)CCC.O=S([O-])O. The van der Waals surface area contributed by atoms with E-state index in [1.54, 1.807) is 0 Å². The third-order valence-electron chi connectivity index (χ3n) is 9.43. The smallest absolute Gasteiger partial charge is 0.305 e. The summed E-state index contributed by atoms with van der Waals surface area (Å²) in [5.74, 6) is -0.0584. The van der Waals surface area contributed by atoms with Crippen molar-refractivity contribution in [3.05, 3.63) is 0 Å². The van der Waals surface area contributed by atoms with Gasteiger partial charge in [-0.15, -0.1) is 0 Å². The molecular weight excluding hydrogens is 673 g/mol. The van der Waals surface area contributed by atoms with Crippen molar-refractivity contribution in [3.8, 4) is 0 Å². The molecule has 0 fully saturated rings. The van der Waals surface area contributed by atoms with Gasteiger partial charge in [-0.25, -0.2) is 4.21 Å². The van der Waals surface area contributed by atoms with Crippen LogP contribution in [0.3, 0.4) is 0 Å². The number of hydrogen-bond donors (Lipinski definition) is 1. The zero-order valence-electron chi connectivity index (χ0n) is 35.2. The molecule has 0 aromatic rings. The molecule has 0 heterocycles. The molecule has 8 heteroatoms. The Kier molecular flexibility index (Phi) is 55.5. The molecule has 0 aliphatic heterocycles. The fraction of sp³-hybridized carbons (Fsp3) is 0.955. The molecule has 0 radical (unpaired) electrons. The predicted octanol–water partition coefficient (Wildman–Crippen LogP) is 14.5. The number of carbonyl (C=O) groups excluding carboxylic acids is 2. The van der Waals surface area contributed by atoms with Crippen molar-refractivity contribution in [2.75, 3.05) is 13.2 Å². The molecule has 0 aliphatic carbocycles. The summed E-state index contributed by atoms with van der Waals surface area (Å²) in [5.41, 5.74) is 0. The van der Waals surface area contributed by atoms with E-state index in [0.717, 1.165) is 25.7 Å². The first kappa shape index (κ1) is 55.3. The van der Waals surface area contributed by atoms with Crippen molar-refractivity contribution < 1.29 is 32.4 Å². The molecule has 1 atom stereocenters. The molecule has 0 rings (SSSR count). The lowest BCUT2D eigenvalue weighted by molar-refractivity contribution is -0.144. The number of ether oxygens (including phenoxy) is 2. The normalized spacial score (nSPS) is 11.3. The Hall–Kier alpha value is -0.990. The lowest BCUT2D eigenvalue weighted by atomic mass is 10.0. The fourth-order valence-electron chi connectivity index (χ4n) is 6.22. The second kappa shape index (κ2) is 52.1. The van der Waals surface area contributed by atoms with Crippen LogP contribution in [0.4, 0.5) is 0 Å². The molecule has 0 amide bonds. The van der Waals surface area contributed by atoms with Crippen LogP contribution in [0, 0.1) is 0 Å². The van der Waals surface area contributed by atoms with Crippen molar-refractivity contribution in [1.82, 2.24) is 0 Å². The molecule has 1 N–H and O–H groups in total. The van der Waals surface area contributed by atoms with Crippen LogP contribution in [0.5, 0.6) is 0 Å². The monoisotopic (exact) mass is 762 g/mol. The van der Waals surface area contributed by atoms with E-state index in [-0.39, 0.29) is 11.9 Å². The molecule has 0 bridgehead atoms. The van der Waals surface area contributed by atoms with Crippen LogP contribution in [0.2, 0.25) is 0 Å². The molecule has 314 valence electrons. The molecule has 7 nitrogen and oxygen atoms in total. The number of esters is 2. The summed E-state index contributed by atoms with van der Waals surface area (Å²) in [6.45, 7) is 9.83. The highest BCUT2D eigenvalue weighted by molar-refractivity contribution is 7.73. The minimum absolute atomic E-state index is 0.0292. The van der Waals surface area contributed by atoms with Gasteiger partial charge in [0.15, 0.2) is 0 Å². The Labute approximate surface area is 326 Å². The molecule has 52 heavy (non-hydrogen) atoms. The summed E-state index contributed by atoms with van der Waals surface area (Å²) in [6, 6.07) is 0. The second-order valence-corrected chi connectivity index (χ2v) is 15.2. The minimum atomic E-state index is -2.86. The first-order valence-corrected chi connectivity index (χ1v) is 23.5. The largest absolute Gasteiger partial charge is 0.750 e. The third kappa shape index (κ3) is 61.1. The van der Waals surface area contributed by atoms with Gasteiger partial charge in [-0.1, -0.05) is 220 Å². The zero-order valence-corrected chi connectivity index (χ0v) is 36.0. The average Bonchev–Trinajstić information content (AvgIpc) is 3.11. The number of carbonyl (C=O) groups is 2. The van der Waals surface area contributed by atoms with E-state index >= 15 is 0 Å². The standard InChI is InChI=1S/2C22H44O2.H2O3S/c2*1-3-5-6-7-8-9-10-11-12-13-14-15-16-17-18-19-21-24-22(23)20-4-2;1-4(2)3/h2*3-21H2,1-2H3;(H2,1,2,3)/p-1. The zero-order chi connectivity index (χ0) is 39.0. The summed E-state index contributed by atoms with van der Waals surface area (Å²) < 4.78 is 34.4. The van der Waals surface area contributed by atoms with Gasteiger partial charge in [0.1, 0.15) is 0 Å². The highest BCUT2D eigenvalue weighted by Gasteiger charge is 2.01. The first-order chi connectivity index (χ1) is 25.3. The van der Waals surface area contributed by atoms with Gasteiger partial charge in [0.25, 0.3) is 0 Å². The summed E-state index contributed by atoms with van der Waals surface area (Å²) >= 11 is -2.86. The van der Waals surface area contributed by atoms with E-state index < -0.39 is 11.4 Å². The van der Waals surface area contributed by atoms with E-state index in [2.05, 4.69) is 13.8 Å². The minimum Gasteiger partial charge on any atom is -0.750 e. The van der Waals surface area contributed by atoms with Crippen LogP contribution in [0.15, 0.2) is 0 Å². The molecule has 0 aromatic heterocycles. The van der Waals surface area contributed by atoms with Crippen molar-refractivity contribution in [3.63, 3.8) is 0 Å². The second-order valence-electron chi connectivity index (χ2n) is 14.8. The maximum absolute atomic E-state index is 11.2. The quantitative estimate of drug-likeness (QED) is 0.0378. The molecule has 0 aromatic carbocycles. The first-order valence-electron chi connectivity index (χ1n) is 22.4. The highest BCUT2D eigenvalue weighted by Crippen LogP contribution is 2.15.